The van der Waals surface area contributed by atoms with Gasteiger partial charge in [-0.3, -0.25) is 19.1 Å². The smallest absolute Gasteiger partial charge is 0.414 e. The van der Waals surface area contributed by atoms with Gasteiger partial charge in [-0.2, -0.15) is 0 Å². The van der Waals surface area contributed by atoms with Gasteiger partial charge in [0.1, 0.15) is 28.4 Å². The molecule has 13 heteroatoms. The Kier molecular flexibility index (Phi) is 7.61. The van der Waals surface area contributed by atoms with Crippen LogP contribution in [0.5, 0.6) is 0 Å². The zero-order valence-corrected chi connectivity index (χ0v) is 24.2. The Balaban J connectivity index is 1.63. The summed E-state index contributed by atoms with van der Waals surface area (Å²) in [5.41, 5.74) is 0.235. The minimum atomic E-state index is -0.764. The number of ether oxygens (including phenoxy) is 2. The largest absolute Gasteiger partial charge is 0.443 e. The third-order valence-corrected chi connectivity index (χ3v) is 6.72. The number of amides is 2. The molecule has 1 aliphatic rings. The second-order valence-electron chi connectivity index (χ2n) is 10.7. The maximum Gasteiger partial charge on any atom is 0.414 e. The van der Waals surface area contributed by atoms with Crippen LogP contribution in [0.25, 0.3) is 16.9 Å². The van der Waals surface area contributed by atoms with Crippen LogP contribution in [0, 0.1) is 0 Å². The normalized spacial score (nSPS) is 15.9. The number of methoxy groups -OCH3 is 1. The molecule has 218 valence electrons. The summed E-state index contributed by atoms with van der Waals surface area (Å²) >= 11 is 0. The monoisotopic (exact) mass is 573 g/mol. The number of pyridine rings is 3. The first kappa shape index (κ1) is 28.6. The van der Waals surface area contributed by atoms with Crippen molar-refractivity contribution in [1.82, 2.24) is 19.7 Å². The van der Waals surface area contributed by atoms with Gasteiger partial charge in [-0.05, 0) is 57.9 Å². The van der Waals surface area contributed by atoms with Crippen LogP contribution in [0.1, 0.15) is 44.2 Å². The molecule has 1 fully saturated rings. The number of hydrogen-bond donors (Lipinski definition) is 0. The number of nitrogens with zero attached hydrogens (tertiary/aromatic N) is 7. The number of carbonyl (C=O) groups excluding carboxylic acids is 2. The lowest BCUT2D eigenvalue weighted by Crippen LogP contribution is -2.34. The van der Waals surface area contributed by atoms with Crippen molar-refractivity contribution in [1.29, 1.82) is 0 Å². The average molecular weight is 574 g/mol. The number of anilines is 3. The summed E-state index contributed by atoms with van der Waals surface area (Å²) in [6.07, 6.45) is 3.72. The Morgan fingerprint density at radius 3 is 2.55 bits per heavy atom. The number of aromatic nitrogens is 4. The predicted octanol–water partition coefficient (Wildman–Crippen LogP) is 4.30. The number of rotatable bonds is 6. The minimum absolute atomic E-state index is 0.0772. The summed E-state index contributed by atoms with van der Waals surface area (Å²) in [4.78, 5) is 55.7. The number of fused-ring (bicyclic) bond motifs is 1. The van der Waals surface area contributed by atoms with Crippen molar-refractivity contribution in [2.75, 3.05) is 31.0 Å². The fraction of sp³-hybridized carbons (Fsp3) is 0.345. The molecule has 4 heterocycles. The van der Waals surface area contributed by atoms with Gasteiger partial charge in [0.05, 0.1) is 17.5 Å². The molecule has 4 aromatic heterocycles. The second-order valence-corrected chi connectivity index (χ2v) is 10.7. The highest BCUT2D eigenvalue weighted by Crippen LogP contribution is 2.33. The van der Waals surface area contributed by atoms with Crippen LogP contribution in [-0.4, -0.2) is 70.3 Å². The van der Waals surface area contributed by atoms with Crippen LogP contribution in [0.15, 0.2) is 63.1 Å². The molecular formula is C29H31N7O6. The van der Waals surface area contributed by atoms with E-state index in [1.807, 2.05) is 0 Å². The van der Waals surface area contributed by atoms with Gasteiger partial charge >= 0.3 is 12.0 Å². The van der Waals surface area contributed by atoms with Gasteiger partial charge in [-0.15, -0.1) is 0 Å². The lowest BCUT2D eigenvalue weighted by atomic mass is 9.93. The fourth-order valence-electron chi connectivity index (χ4n) is 4.38. The molecule has 0 N–H and O–H groups in total. The van der Waals surface area contributed by atoms with Crippen molar-refractivity contribution in [3.05, 3.63) is 64.9 Å². The van der Waals surface area contributed by atoms with Gasteiger partial charge in [0, 0.05) is 39.7 Å². The molecule has 0 saturated heterocycles. The molecule has 4 aromatic rings. The van der Waals surface area contributed by atoms with Crippen LogP contribution >= 0.6 is 0 Å². The van der Waals surface area contributed by atoms with E-state index in [2.05, 4.69) is 20.1 Å². The average Bonchev–Trinajstić information content (AvgIpc) is 3.38. The zero-order chi connectivity index (χ0) is 30.2. The molecule has 1 atom stereocenters. The summed E-state index contributed by atoms with van der Waals surface area (Å²) in [6.45, 7) is 5.26. The molecular weight excluding hydrogens is 542 g/mol. The van der Waals surface area contributed by atoms with E-state index in [4.69, 9.17) is 14.0 Å². The van der Waals surface area contributed by atoms with Crippen molar-refractivity contribution >= 4 is 45.9 Å². The number of hydrogen-bond acceptors (Lipinski definition) is 10. The first-order valence-corrected chi connectivity index (χ1v) is 13.3. The number of carbonyl (C=O) groups is 2. The summed E-state index contributed by atoms with van der Waals surface area (Å²) in [5.74, 6) is -0.188. The van der Waals surface area contributed by atoms with Crippen molar-refractivity contribution in [3.8, 4) is 5.82 Å². The van der Waals surface area contributed by atoms with Gasteiger partial charge < -0.3 is 18.9 Å². The maximum atomic E-state index is 13.5. The third kappa shape index (κ3) is 5.50. The van der Waals surface area contributed by atoms with E-state index >= 15 is 0 Å². The third-order valence-electron chi connectivity index (χ3n) is 6.72. The molecule has 0 aliphatic heterocycles. The second kappa shape index (κ2) is 11.2. The summed E-state index contributed by atoms with van der Waals surface area (Å²) in [6, 6.07) is 10.2. The van der Waals surface area contributed by atoms with E-state index < -0.39 is 17.6 Å². The van der Waals surface area contributed by atoms with Crippen LogP contribution in [0.3, 0.4) is 0 Å². The molecule has 2 amide bonds. The molecule has 1 saturated carbocycles. The molecule has 1 aliphatic carbocycles. The van der Waals surface area contributed by atoms with Crippen LogP contribution < -0.4 is 15.4 Å². The standard InChI is InChI=1S/C29H31N7O6/c1-29(2,3)41-28(39)35(5)19-16-22(34(4)18-10-9-15-36(27(18)38)21-11-7-8-14-30-21)32-24-23(19)33-42-25(24)26(37)31-17-12-13-20(17)40-6/h7-11,14-16,20H,12-13H2,1-6H3/t20-/m1/s1. The first-order valence-electron chi connectivity index (χ1n) is 13.3. The Morgan fingerprint density at radius 2 is 1.90 bits per heavy atom. The summed E-state index contributed by atoms with van der Waals surface area (Å²) < 4.78 is 17.7. The van der Waals surface area contributed by atoms with E-state index in [1.54, 1.807) is 88.6 Å². The van der Waals surface area contributed by atoms with E-state index in [9.17, 15) is 14.4 Å². The Morgan fingerprint density at radius 1 is 1.12 bits per heavy atom. The zero-order valence-electron chi connectivity index (χ0n) is 24.2. The molecule has 0 unspecified atom stereocenters. The molecule has 0 bridgehead atoms. The highest BCUT2D eigenvalue weighted by molar-refractivity contribution is 6.12. The highest BCUT2D eigenvalue weighted by Gasteiger charge is 2.31. The van der Waals surface area contributed by atoms with E-state index in [-0.39, 0.29) is 45.6 Å². The quantitative estimate of drug-likeness (QED) is 0.327. The highest BCUT2D eigenvalue weighted by atomic mass is 16.6. The fourth-order valence-corrected chi connectivity index (χ4v) is 4.38. The van der Waals surface area contributed by atoms with Crippen molar-refractivity contribution in [2.45, 2.75) is 45.3 Å². The van der Waals surface area contributed by atoms with Crippen LogP contribution in [0.2, 0.25) is 0 Å². The van der Waals surface area contributed by atoms with Crippen LogP contribution in [0.4, 0.5) is 22.0 Å². The van der Waals surface area contributed by atoms with Gasteiger partial charge in [0.25, 0.3) is 11.3 Å². The Hall–Kier alpha value is -4.91. The van der Waals surface area contributed by atoms with Gasteiger partial charge in [0.2, 0.25) is 0 Å². The Bertz CT molecular complexity index is 1740. The van der Waals surface area contributed by atoms with Crippen LogP contribution in [-0.2, 0) is 9.47 Å². The van der Waals surface area contributed by atoms with Gasteiger partial charge in [0.15, 0.2) is 5.52 Å². The van der Waals surface area contributed by atoms with Crippen molar-refractivity contribution in [3.63, 3.8) is 0 Å². The van der Waals surface area contributed by atoms with E-state index in [0.717, 1.165) is 6.42 Å². The Labute approximate surface area is 241 Å². The van der Waals surface area contributed by atoms with E-state index in [1.165, 1.54) is 16.5 Å². The topological polar surface area (TPSA) is 145 Å². The molecule has 13 nitrogen and oxygen atoms in total. The predicted molar refractivity (Wildman–Crippen MR) is 156 cm³/mol. The minimum Gasteiger partial charge on any atom is -0.443 e. The molecule has 42 heavy (non-hydrogen) atoms. The van der Waals surface area contributed by atoms with Gasteiger partial charge in [-0.1, -0.05) is 11.2 Å². The number of aliphatic imine (C=N–C) groups is 1. The maximum absolute atomic E-state index is 13.5. The molecule has 5 rings (SSSR count). The molecule has 0 aromatic carbocycles. The first-order chi connectivity index (χ1) is 20.0. The van der Waals surface area contributed by atoms with Crippen molar-refractivity contribution < 1.29 is 23.6 Å². The lowest BCUT2D eigenvalue weighted by molar-refractivity contribution is 0.0589. The summed E-state index contributed by atoms with van der Waals surface area (Å²) in [7, 11) is 4.72. The summed E-state index contributed by atoms with van der Waals surface area (Å²) in [5, 5.41) is 4.07. The van der Waals surface area contributed by atoms with Gasteiger partial charge in [-0.25, -0.2) is 19.8 Å². The molecule has 0 radical (unpaired) electrons. The molecule has 0 spiro atoms. The SMILES string of the molecule is CO[C@@H]1CCC1=NC(=O)c1onc2c(N(C)C(=O)OC(C)(C)C)cc(N(C)c3cccn(-c4ccccn4)c3=O)nc12. The van der Waals surface area contributed by atoms with Crippen molar-refractivity contribution in [2.24, 2.45) is 4.99 Å². The lowest BCUT2D eigenvalue weighted by Gasteiger charge is -2.26. The van der Waals surface area contributed by atoms with E-state index in [0.29, 0.717) is 18.0 Å².